The van der Waals surface area contributed by atoms with Crippen LogP contribution < -0.4 is 11.1 Å². The van der Waals surface area contributed by atoms with Gasteiger partial charge in [-0.1, -0.05) is 26.0 Å². The Balaban J connectivity index is 2.37. The van der Waals surface area contributed by atoms with E-state index >= 15 is 0 Å². The number of hydrogen-bond acceptors (Lipinski definition) is 4. The Labute approximate surface area is 133 Å². The maximum absolute atomic E-state index is 12.4. The van der Waals surface area contributed by atoms with Crippen LogP contribution >= 0.6 is 0 Å². The fraction of sp³-hybridized carbons (Fsp3) is 0.250. The van der Waals surface area contributed by atoms with Gasteiger partial charge in [-0.05, 0) is 25.0 Å². The molecule has 0 atom stereocenters. The van der Waals surface area contributed by atoms with Crippen LogP contribution in [0.2, 0.25) is 0 Å². The number of nitrogens with two attached hydrogens (primary N) is 1. The second kappa shape index (κ2) is 6.43. The molecule has 7 nitrogen and oxygen atoms in total. The van der Waals surface area contributed by atoms with Crippen LogP contribution in [0.1, 0.15) is 63.6 Å². The molecule has 0 bridgehead atoms. The summed E-state index contributed by atoms with van der Waals surface area (Å²) >= 11 is 0. The molecule has 1 heterocycles. The topological polar surface area (TPSA) is 118 Å². The zero-order valence-corrected chi connectivity index (χ0v) is 13.1. The van der Waals surface area contributed by atoms with Crippen molar-refractivity contribution in [3.8, 4) is 0 Å². The van der Waals surface area contributed by atoms with Gasteiger partial charge in [-0.15, -0.1) is 0 Å². The highest BCUT2D eigenvalue weighted by atomic mass is 16.2. The molecule has 4 N–H and O–H groups in total. The number of H-pyrrole nitrogens is 1. The van der Waals surface area contributed by atoms with Gasteiger partial charge in [-0.25, -0.2) is 0 Å². The number of rotatable bonds is 5. The van der Waals surface area contributed by atoms with Crippen LogP contribution in [-0.4, -0.2) is 27.8 Å². The largest absolute Gasteiger partial charge is 0.364 e. The van der Waals surface area contributed by atoms with Crippen molar-refractivity contribution in [3.05, 3.63) is 46.8 Å². The van der Waals surface area contributed by atoms with Crippen molar-refractivity contribution in [3.63, 3.8) is 0 Å². The average molecular weight is 314 g/mol. The molecular formula is C16H18N4O3. The van der Waals surface area contributed by atoms with E-state index in [1.165, 1.54) is 13.0 Å². The van der Waals surface area contributed by atoms with Gasteiger partial charge in [-0.3, -0.25) is 19.5 Å². The molecule has 1 aromatic heterocycles. The highest BCUT2D eigenvalue weighted by Gasteiger charge is 2.22. The number of aromatic amines is 1. The van der Waals surface area contributed by atoms with E-state index in [1.807, 2.05) is 13.8 Å². The first-order chi connectivity index (χ1) is 10.8. The summed E-state index contributed by atoms with van der Waals surface area (Å²) in [5.41, 5.74) is 6.88. The minimum absolute atomic E-state index is 0.00875. The summed E-state index contributed by atoms with van der Waals surface area (Å²) in [5.74, 6) is -1.31. The van der Waals surface area contributed by atoms with Crippen LogP contribution in [-0.2, 0) is 0 Å². The quantitative estimate of drug-likeness (QED) is 0.732. The molecule has 23 heavy (non-hydrogen) atoms. The van der Waals surface area contributed by atoms with E-state index < -0.39 is 11.8 Å². The second-order valence-electron chi connectivity index (χ2n) is 5.47. The molecule has 0 saturated carbocycles. The lowest BCUT2D eigenvalue weighted by Crippen LogP contribution is -2.19. The monoisotopic (exact) mass is 314 g/mol. The van der Waals surface area contributed by atoms with Gasteiger partial charge in [0.2, 0.25) is 0 Å². The fourth-order valence-corrected chi connectivity index (χ4v) is 2.14. The van der Waals surface area contributed by atoms with Gasteiger partial charge in [0.1, 0.15) is 0 Å². The number of carbonyl (C=O) groups is 3. The summed E-state index contributed by atoms with van der Waals surface area (Å²) in [5, 5.41) is 9.24. The minimum atomic E-state index is -0.735. The van der Waals surface area contributed by atoms with Crippen LogP contribution in [0.3, 0.4) is 0 Å². The van der Waals surface area contributed by atoms with Gasteiger partial charge in [0, 0.05) is 11.1 Å². The first-order valence-electron chi connectivity index (χ1n) is 7.11. The van der Waals surface area contributed by atoms with Crippen LogP contribution in [0.15, 0.2) is 24.3 Å². The van der Waals surface area contributed by atoms with Crippen molar-refractivity contribution in [1.29, 1.82) is 0 Å². The predicted octanol–water partition coefficient (Wildman–Crippen LogP) is 2.09. The van der Waals surface area contributed by atoms with Crippen molar-refractivity contribution in [1.82, 2.24) is 10.2 Å². The lowest BCUT2D eigenvalue weighted by atomic mass is 10.1. The van der Waals surface area contributed by atoms with E-state index in [1.54, 1.807) is 18.2 Å². The van der Waals surface area contributed by atoms with Gasteiger partial charge in [0.05, 0.1) is 11.4 Å². The first-order valence-corrected chi connectivity index (χ1v) is 7.11. The average Bonchev–Trinajstić information content (AvgIpc) is 2.91. The lowest BCUT2D eigenvalue weighted by Gasteiger charge is -2.10. The molecule has 0 radical (unpaired) electrons. The number of nitrogens with zero attached hydrogens (tertiary/aromatic N) is 1. The Morgan fingerprint density at radius 1 is 1.22 bits per heavy atom. The normalized spacial score (nSPS) is 10.6. The van der Waals surface area contributed by atoms with Crippen LogP contribution in [0.5, 0.6) is 0 Å². The molecule has 1 aromatic carbocycles. The number of aromatic nitrogens is 2. The Hall–Kier alpha value is -2.96. The maximum atomic E-state index is 12.4. The van der Waals surface area contributed by atoms with Gasteiger partial charge < -0.3 is 11.1 Å². The van der Waals surface area contributed by atoms with E-state index in [2.05, 4.69) is 15.5 Å². The number of hydrogen-bond donors (Lipinski definition) is 3. The number of primary amides is 1. The van der Waals surface area contributed by atoms with E-state index in [4.69, 9.17) is 5.73 Å². The maximum Gasteiger partial charge on any atom is 0.271 e. The fourth-order valence-electron chi connectivity index (χ4n) is 2.14. The number of nitrogens with one attached hydrogen (secondary N) is 2. The van der Waals surface area contributed by atoms with E-state index in [0.717, 1.165) is 0 Å². The zero-order valence-electron chi connectivity index (χ0n) is 13.1. The van der Waals surface area contributed by atoms with Crippen molar-refractivity contribution in [2.75, 3.05) is 5.32 Å². The lowest BCUT2D eigenvalue weighted by molar-refractivity contribution is 0.0993. The Morgan fingerprint density at radius 3 is 2.43 bits per heavy atom. The van der Waals surface area contributed by atoms with Crippen LogP contribution in [0.25, 0.3) is 0 Å². The molecular weight excluding hydrogens is 296 g/mol. The summed E-state index contributed by atoms with van der Waals surface area (Å²) in [7, 11) is 0. The molecule has 0 spiro atoms. The smallest absolute Gasteiger partial charge is 0.271 e. The summed E-state index contributed by atoms with van der Waals surface area (Å²) in [4.78, 5) is 35.3. The predicted molar refractivity (Wildman–Crippen MR) is 85.6 cm³/mol. The Kier molecular flexibility index (Phi) is 4.59. The SMILES string of the molecule is CC(=O)c1cccc(C(=O)Nc2c(C(N)=O)n[nH]c2C(C)C)c1. The highest BCUT2D eigenvalue weighted by molar-refractivity contribution is 6.09. The number of benzene rings is 1. The second-order valence-corrected chi connectivity index (χ2v) is 5.47. The number of amides is 2. The number of Topliss-reactive ketones (excluding diaryl/α,β-unsaturated/α-hetero) is 1. The molecule has 7 heteroatoms. The molecule has 0 aliphatic heterocycles. The number of anilines is 1. The van der Waals surface area contributed by atoms with Gasteiger partial charge in [-0.2, -0.15) is 5.10 Å². The molecule has 0 aliphatic carbocycles. The van der Waals surface area contributed by atoms with Crippen molar-refractivity contribution >= 4 is 23.3 Å². The van der Waals surface area contributed by atoms with Gasteiger partial charge in [0.25, 0.3) is 11.8 Å². The molecule has 2 rings (SSSR count). The molecule has 2 aromatic rings. The van der Waals surface area contributed by atoms with Crippen molar-refractivity contribution < 1.29 is 14.4 Å². The third kappa shape index (κ3) is 3.45. The molecule has 0 fully saturated rings. The third-order valence-electron chi connectivity index (χ3n) is 3.37. The molecule has 2 amide bonds. The van der Waals surface area contributed by atoms with E-state index in [9.17, 15) is 14.4 Å². The highest BCUT2D eigenvalue weighted by Crippen LogP contribution is 2.25. The van der Waals surface area contributed by atoms with Crippen LogP contribution in [0, 0.1) is 0 Å². The van der Waals surface area contributed by atoms with E-state index in [0.29, 0.717) is 16.8 Å². The minimum Gasteiger partial charge on any atom is -0.364 e. The van der Waals surface area contributed by atoms with E-state index in [-0.39, 0.29) is 23.1 Å². The number of carbonyl (C=O) groups excluding carboxylic acids is 3. The Bertz CT molecular complexity index is 777. The summed E-state index contributed by atoms with van der Waals surface area (Å²) in [6.07, 6.45) is 0. The van der Waals surface area contributed by atoms with Crippen molar-refractivity contribution in [2.45, 2.75) is 26.7 Å². The van der Waals surface area contributed by atoms with Crippen LogP contribution in [0.4, 0.5) is 5.69 Å². The standard InChI is InChI=1S/C16H18N4O3/c1-8(2)12-13(14(15(17)22)20-19-12)18-16(23)11-6-4-5-10(7-11)9(3)21/h4-8H,1-3H3,(H2,17,22)(H,18,23)(H,19,20). The number of ketones is 1. The zero-order chi connectivity index (χ0) is 17.1. The third-order valence-corrected chi connectivity index (χ3v) is 3.37. The summed E-state index contributed by atoms with van der Waals surface area (Å²) < 4.78 is 0. The van der Waals surface area contributed by atoms with Crippen molar-refractivity contribution in [2.24, 2.45) is 5.73 Å². The summed E-state index contributed by atoms with van der Waals surface area (Å²) in [6.45, 7) is 5.21. The summed E-state index contributed by atoms with van der Waals surface area (Å²) in [6, 6.07) is 6.34. The molecule has 120 valence electrons. The molecule has 0 saturated heterocycles. The Morgan fingerprint density at radius 2 is 1.87 bits per heavy atom. The van der Waals surface area contributed by atoms with Gasteiger partial charge >= 0.3 is 0 Å². The molecule has 0 aliphatic rings. The first kappa shape index (κ1) is 16.4. The van der Waals surface area contributed by atoms with Gasteiger partial charge in [0.15, 0.2) is 11.5 Å². The molecule has 0 unspecified atom stereocenters.